The molecule has 0 unspecified atom stereocenters. The van der Waals surface area contributed by atoms with E-state index in [2.05, 4.69) is 10.3 Å². The zero-order valence-corrected chi connectivity index (χ0v) is 12.4. The number of pyridine rings is 1. The molecule has 106 valence electrons. The molecule has 0 saturated heterocycles. The number of nitrogens with one attached hydrogen (secondary N) is 1. The van der Waals surface area contributed by atoms with Gasteiger partial charge in [0, 0.05) is 33.9 Å². The molecule has 0 aliphatic carbocycles. The van der Waals surface area contributed by atoms with Gasteiger partial charge in [-0.25, -0.2) is 4.39 Å². The fraction of sp³-hybridized carbons (Fsp3) is 0.0625. The first-order valence-electron chi connectivity index (χ1n) is 6.35. The molecular weight excluding hydrogens is 310 g/mol. The van der Waals surface area contributed by atoms with E-state index < -0.39 is 0 Å². The molecule has 3 aromatic rings. The third-order valence-corrected chi connectivity index (χ3v) is 3.78. The molecule has 1 aromatic heterocycles. The van der Waals surface area contributed by atoms with E-state index in [9.17, 15) is 4.39 Å². The Labute approximate surface area is 131 Å². The van der Waals surface area contributed by atoms with Crippen molar-refractivity contribution in [2.24, 2.45) is 0 Å². The topological polar surface area (TPSA) is 24.9 Å². The molecule has 1 heterocycles. The Morgan fingerprint density at radius 2 is 1.90 bits per heavy atom. The van der Waals surface area contributed by atoms with Crippen LogP contribution < -0.4 is 5.32 Å². The molecular formula is C16H11Cl2FN2. The van der Waals surface area contributed by atoms with Crippen molar-refractivity contribution in [2.75, 3.05) is 5.32 Å². The molecule has 0 aliphatic heterocycles. The number of hydrogen-bond acceptors (Lipinski definition) is 2. The second-order valence-corrected chi connectivity index (χ2v) is 5.45. The van der Waals surface area contributed by atoms with Crippen molar-refractivity contribution in [2.45, 2.75) is 6.54 Å². The molecule has 2 aromatic carbocycles. The summed E-state index contributed by atoms with van der Waals surface area (Å²) in [5.41, 5.74) is 2.58. The van der Waals surface area contributed by atoms with Gasteiger partial charge in [0.05, 0.1) is 5.52 Å². The van der Waals surface area contributed by atoms with Crippen LogP contribution in [0.15, 0.2) is 48.7 Å². The zero-order chi connectivity index (χ0) is 14.8. The van der Waals surface area contributed by atoms with E-state index in [0.29, 0.717) is 16.6 Å². The second kappa shape index (κ2) is 5.88. The third-order valence-electron chi connectivity index (χ3n) is 3.19. The van der Waals surface area contributed by atoms with E-state index in [1.807, 2.05) is 24.3 Å². The summed E-state index contributed by atoms with van der Waals surface area (Å²) in [6.45, 7) is 0.501. The van der Waals surface area contributed by atoms with Crippen LogP contribution in [0.5, 0.6) is 0 Å². The van der Waals surface area contributed by atoms with Gasteiger partial charge in [0.25, 0.3) is 0 Å². The van der Waals surface area contributed by atoms with Gasteiger partial charge in [-0.2, -0.15) is 0 Å². The van der Waals surface area contributed by atoms with Gasteiger partial charge in [0.1, 0.15) is 5.82 Å². The molecule has 0 spiro atoms. The molecule has 0 saturated carbocycles. The Morgan fingerprint density at radius 1 is 1.05 bits per heavy atom. The first-order chi connectivity index (χ1) is 10.1. The minimum absolute atomic E-state index is 0.340. The molecule has 0 aliphatic rings. The van der Waals surface area contributed by atoms with Gasteiger partial charge in [0.15, 0.2) is 0 Å². The molecule has 0 bridgehead atoms. The molecule has 21 heavy (non-hydrogen) atoms. The van der Waals surface area contributed by atoms with E-state index in [1.165, 1.54) is 12.1 Å². The summed E-state index contributed by atoms with van der Waals surface area (Å²) < 4.78 is 13.0. The highest BCUT2D eigenvalue weighted by Crippen LogP contribution is 2.25. The lowest BCUT2D eigenvalue weighted by Gasteiger charge is -2.10. The fourth-order valence-corrected chi connectivity index (χ4v) is 2.53. The van der Waals surface area contributed by atoms with Crippen LogP contribution in [0.25, 0.3) is 10.9 Å². The van der Waals surface area contributed by atoms with E-state index in [0.717, 1.165) is 22.2 Å². The SMILES string of the molecule is Fc1ccc(CNc2ccnc3cc(Cl)ccc23)c(Cl)c1. The number of rotatable bonds is 3. The summed E-state index contributed by atoms with van der Waals surface area (Å²) in [7, 11) is 0. The first-order valence-corrected chi connectivity index (χ1v) is 7.11. The normalized spacial score (nSPS) is 10.8. The van der Waals surface area contributed by atoms with Gasteiger partial charge in [-0.3, -0.25) is 4.98 Å². The van der Waals surface area contributed by atoms with Crippen molar-refractivity contribution >= 4 is 39.8 Å². The van der Waals surface area contributed by atoms with Crippen LogP contribution in [0.2, 0.25) is 10.0 Å². The Kier molecular flexibility index (Phi) is 3.95. The average Bonchev–Trinajstić information content (AvgIpc) is 2.46. The maximum atomic E-state index is 13.0. The number of aromatic nitrogens is 1. The zero-order valence-electron chi connectivity index (χ0n) is 10.9. The smallest absolute Gasteiger partial charge is 0.124 e. The molecule has 3 rings (SSSR count). The maximum Gasteiger partial charge on any atom is 0.124 e. The molecule has 1 N–H and O–H groups in total. The van der Waals surface area contributed by atoms with Gasteiger partial charge < -0.3 is 5.32 Å². The Morgan fingerprint density at radius 3 is 2.71 bits per heavy atom. The number of hydrogen-bond donors (Lipinski definition) is 1. The fourth-order valence-electron chi connectivity index (χ4n) is 2.13. The van der Waals surface area contributed by atoms with Gasteiger partial charge in [0.2, 0.25) is 0 Å². The van der Waals surface area contributed by atoms with Gasteiger partial charge in [-0.1, -0.05) is 29.3 Å². The van der Waals surface area contributed by atoms with Crippen molar-refractivity contribution in [3.63, 3.8) is 0 Å². The lowest BCUT2D eigenvalue weighted by atomic mass is 10.1. The molecule has 0 fully saturated rings. The van der Waals surface area contributed by atoms with Gasteiger partial charge in [-0.15, -0.1) is 0 Å². The highest BCUT2D eigenvalue weighted by Gasteiger charge is 2.05. The van der Waals surface area contributed by atoms with Crippen LogP contribution in [0.4, 0.5) is 10.1 Å². The van der Waals surface area contributed by atoms with E-state index >= 15 is 0 Å². The van der Waals surface area contributed by atoms with Gasteiger partial charge in [-0.05, 0) is 42.0 Å². The van der Waals surface area contributed by atoms with Crippen LogP contribution >= 0.6 is 23.2 Å². The van der Waals surface area contributed by atoms with Crippen molar-refractivity contribution in [1.82, 2.24) is 4.98 Å². The minimum Gasteiger partial charge on any atom is -0.380 e. The van der Waals surface area contributed by atoms with E-state index in [-0.39, 0.29) is 5.82 Å². The lowest BCUT2D eigenvalue weighted by molar-refractivity contribution is 0.627. The van der Waals surface area contributed by atoms with Crippen LogP contribution in [0, 0.1) is 5.82 Å². The van der Waals surface area contributed by atoms with Crippen LogP contribution in [-0.2, 0) is 6.54 Å². The van der Waals surface area contributed by atoms with Gasteiger partial charge >= 0.3 is 0 Å². The summed E-state index contributed by atoms with van der Waals surface area (Å²) in [6, 6.07) is 11.8. The summed E-state index contributed by atoms with van der Waals surface area (Å²) in [5, 5.41) is 5.32. The minimum atomic E-state index is -0.340. The standard InChI is InChI=1S/C16H11Cl2FN2/c17-11-2-4-13-15(5-6-20-16(13)7-11)21-9-10-1-3-12(19)8-14(10)18/h1-8H,9H2,(H,20,21). The third kappa shape index (κ3) is 3.09. The average molecular weight is 321 g/mol. The van der Waals surface area contributed by atoms with Crippen LogP contribution in [0.1, 0.15) is 5.56 Å². The monoisotopic (exact) mass is 320 g/mol. The summed E-state index contributed by atoms with van der Waals surface area (Å²) in [4.78, 5) is 4.29. The molecule has 0 amide bonds. The highest BCUT2D eigenvalue weighted by atomic mass is 35.5. The number of halogens is 3. The number of nitrogens with zero attached hydrogens (tertiary/aromatic N) is 1. The van der Waals surface area contributed by atoms with E-state index in [4.69, 9.17) is 23.2 Å². The lowest BCUT2D eigenvalue weighted by Crippen LogP contribution is -2.01. The first kappa shape index (κ1) is 14.1. The van der Waals surface area contributed by atoms with Crippen molar-refractivity contribution in [3.8, 4) is 0 Å². The Balaban J connectivity index is 1.88. The molecule has 0 atom stereocenters. The summed E-state index contributed by atoms with van der Waals surface area (Å²) in [6.07, 6.45) is 1.72. The van der Waals surface area contributed by atoms with Crippen LogP contribution in [-0.4, -0.2) is 4.98 Å². The van der Waals surface area contributed by atoms with Crippen LogP contribution in [0.3, 0.4) is 0 Å². The maximum absolute atomic E-state index is 13.0. The number of fused-ring (bicyclic) bond motifs is 1. The largest absolute Gasteiger partial charge is 0.380 e. The molecule has 0 radical (unpaired) electrons. The van der Waals surface area contributed by atoms with E-state index in [1.54, 1.807) is 12.3 Å². The molecule has 5 heteroatoms. The highest BCUT2D eigenvalue weighted by molar-refractivity contribution is 6.31. The summed E-state index contributed by atoms with van der Waals surface area (Å²) in [5.74, 6) is -0.340. The predicted molar refractivity (Wildman–Crippen MR) is 85.5 cm³/mol. The predicted octanol–water partition coefficient (Wildman–Crippen LogP) is 5.29. The Hall–Kier alpha value is -1.84. The summed E-state index contributed by atoms with van der Waals surface area (Å²) >= 11 is 12.0. The van der Waals surface area contributed by atoms with Crippen molar-refractivity contribution in [1.29, 1.82) is 0 Å². The number of benzene rings is 2. The van der Waals surface area contributed by atoms with Crippen molar-refractivity contribution < 1.29 is 4.39 Å². The number of anilines is 1. The quantitative estimate of drug-likeness (QED) is 0.709. The van der Waals surface area contributed by atoms with Crippen molar-refractivity contribution in [3.05, 3.63) is 70.1 Å². The second-order valence-electron chi connectivity index (χ2n) is 4.61. The molecule has 2 nitrogen and oxygen atoms in total. The Bertz CT molecular complexity index is 805.